The summed E-state index contributed by atoms with van der Waals surface area (Å²) in [6.45, 7) is 5.28. The van der Waals surface area contributed by atoms with E-state index >= 15 is 0 Å². The first kappa shape index (κ1) is 10.4. The lowest BCUT2D eigenvalue weighted by Gasteiger charge is -2.35. The molecule has 0 aromatic rings. The summed E-state index contributed by atoms with van der Waals surface area (Å²) in [6.07, 6.45) is 3.72. The number of rotatable bonds is 2. The Kier molecular flexibility index (Phi) is 3.42. The summed E-state index contributed by atoms with van der Waals surface area (Å²) in [5, 5.41) is 9.06. The van der Waals surface area contributed by atoms with E-state index in [1.165, 1.54) is 45.4 Å². The van der Waals surface area contributed by atoms with Gasteiger partial charge in [0.2, 0.25) is 0 Å². The number of aliphatic hydroxyl groups is 1. The predicted octanol–water partition coefficient (Wildman–Crippen LogP) is 0.395. The first-order valence-corrected chi connectivity index (χ1v) is 5.83. The summed E-state index contributed by atoms with van der Waals surface area (Å²) in [4.78, 5) is 5.04. The zero-order valence-corrected chi connectivity index (χ0v) is 9.15. The van der Waals surface area contributed by atoms with Crippen molar-refractivity contribution in [3.05, 3.63) is 0 Å². The summed E-state index contributed by atoms with van der Waals surface area (Å²) in [7, 11) is 2.21. The molecule has 3 nitrogen and oxygen atoms in total. The molecule has 0 amide bonds. The van der Waals surface area contributed by atoms with Crippen LogP contribution in [0.3, 0.4) is 0 Å². The Morgan fingerprint density at radius 2 is 1.86 bits per heavy atom. The predicted molar refractivity (Wildman–Crippen MR) is 57.3 cm³/mol. The molecule has 2 aliphatic heterocycles. The minimum Gasteiger partial charge on any atom is -0.396 e. The topological polar surface area (TPSA) is 26.7 Å². The van der Waals surface area contributed by atoms with Crippen LogP contribution >= 0.6 is 0 Å². The van der Waals surface area contributed by atoms with E-state index < -0.39 is 0 Å². The van der Waals surface area contributed by atoms with Gasteiger partial charge >= 0.3 is 0 Å². The Balaban J connectivity index is 1.78. The molecule has 0 aromatic heterocycles. The maximum atomic E-state index is 9.06. The molecule has 82 valence electrons. The van der Waals surface area contributed by atoms with E-state index in [1.54, 1.807) is 0 Å². The second-order valence-electron chi connectivity index (χ2n) is 4.87. The van der Waals surface area contributed by atoms with Gasteiger partial charge in [0, 0.05) is 19.2 Å². The Morgan fingerprint density at radius 1 is 1.14 bits per heavy atom. The van der Waals surface area contributed by atoms with Gasteiger partial charge in [0.05, 0.1) is 0 Å². The maximum absolute atomic E-state index is 9.06. The van der Waals surface area contributed by atoms with Crippen molar-refractivity contribution in [3.63, 3.8) is 0 Å². The summed E-state index contributed by atoms with van der Waals surface area (Å²) in [5.41, 5.74) is 0. The summed E-state index contributed by atoms with van der Waals surface area (Å²) >= 11 is 0. The fourth-order valence-corrected chi connectivity index (χ4v) is 2.71. The van der Waals surface area contributed by atoms with Crippen LogP contribution in [0.2, 0.25) is 0 Å². The molecule has 2 heterocycles. The van der Waals surface area contributed by atoms with Gasteiger partial charge in [-0.2, -0.15) is 0 Å². The standard InChI is InChI=1S/C11H22N2O/c1-12-5-4-11(8-12)13-6-2-10(9-14)3-7-13/h10-11,14H,2-9H2,1H3. The van der Waals surface area contributed by atoms with Gasteiger partial charge in [-0.1, -0.05) is 0 Å². The second kappa shape index (κ2) is 4.60. The molecule has 2 aliphatic rings. The zero-order chi connectivity index (χ0) is 9.97. The van der Waals surface area contributed by atoms with Crippen molar-refractivity contribution in [1.82, 2.24) is 9.80 Å². The Hall–Kier alpha value is -0.120. The van der Waals surface area contributed by atoms with Gasteiger partial charge in [-0.15, -0.1) is 0 Å². The first-order valence-electron chi connectivity index (χ1n) is 5.83. The van der Waals surface area contributed by atoms with Crippen LogP contribution in [0.25, 0.3) is 0 Å². The van der Waals surface area contributed by atoms with E-state index in [0.717, 1.165) is 6.04 Å². The molecule has 0 aromatic carbocycles. The van der Waals surface area contributed by atoms with Gasteiger partial charge in [0.25, 0.3) is 0 Å². The van der Waals surface area contributed by atoms with Crippen LogP contribution < -0.4 is 0 Å². The Bertz CT molecular complexity index is 178. The van der Waals surface area contributed by atoms with Crippen molar-refractivity contribution in [2.75, 3.05) is 39.8 Å². The lowest BCUT2D eigenvalue weighted by atomic mass is 9.96. The number of nitrogens with zero attached hydrogens (tertiary/aromatic N) is 2. The van der Waals surface area contributed by atoms with E-state index in [2.05, 4.69) is 16.8 Å². The number of likely N-dealkylation sites (N-methyl/N-ethyl adjacent to an activating group) is 1. The van der Waals surface area contributed by atoms with Gasteiger partial charge in [0.1, 0.15) is 0 Å². The van der Waals surface area contributed by atoms with Crippen molar-refractivity contribution < 1.29 is 5.11 Å². The van der Waals surface area contributed by atoms with Crippen LogP contribution in [0.1, 0.15) is 19.3 Å². The molecule has 1 atom stereocenters. The molecule has 14 heavy (non-hydrogen) atoms. The van der Waals surface area contributed by atoms with Crippen LogP contribution in [-0.2, 0) is 0 Å². The monoisotopic (exact) mass is 198 g/mol. The Morgan fingerprint density at radius 3 is 2.36 bits per heavy atom. The maximum Gasteiger partial charge on any atom is 0.0460 e. The third-order valence-electron chi connectivity index (χ3n) is 3.79. The van der Waals surface area contributed by atoms with Crippen molar-refractivity contribution >= 4 is 0 Å². The molecule has 2 fully saturated rings. The van der Waals surface area contributed by atoms with Crippen molar-refractivity contribution in [2.24, 2.45) is 5.92 Å². The molecule has 1 N–H and O–H groups in total. The molecule has 0 bridgehead atoms. The zero-order valence-electron chi connectivity index (χ0n) is 9.15. The Labute approximate surface area is 86.7 Å². The lowest BCUT2D eigenvalue weighted by Crippen LogP contribution is -2.43. The van der Waals surface area contributed by atoms with Gasteiger partial charge < -0.3 is 10.0 Å². The molecule has 0 spiro atoms. The third-order valence-corrected chi connectivity index (χ3v) is 3.79. The fourth-order valence-electron chi connectivity index (χ4n) is 2.71. The smallest absolute Gasteiger partial charge is 0.0460 e. The summed E-state index contributed by atoms with van der Waals surface area (Å²) < 4.78 is 0. The molecule has 1 unspecified atom stereocenters. The normalized spacial score (nSPS) is 32.6. The highest BCUT2D eigenvalue weighted by Gasteiger charge is 2.28. The summed E-state index contributed by atoms with van der Waals surface area (Å²) in [5.74, 6) is 0.574. The van der Waals surface area contributed by atoms with E-state index in [9.17, 15) is 0 Å². The number of piperidine rings is 1. The van der Waals surface area contributed by atoms with E-state index in [0.29, 0.717) is 12.5 Å². The highest BCUT2D eigenvalue weighted by atomic mass is 16.3. The van der Waals surface area contributed by atoms with E-state index in [1.807, 2.05) is 0 Å². The van der Waals surface area contributed by atoms with Gasteiger partial charge in [0.15, 0.2) is 0 Å². The van der Waals surface area contributed by atoms with Crippen molar-refractivity contribution in [3.8, 4) is 0 Å². The van der Waals surface area contributed by atoms with Crippen LogP contribution in [0.5, 0.6) is 0 Å². The quantitative estimate of drug-likeness (QED) is 0.695. The SMILES string of the molecule is CN1CCC(N2CCC(CO)CC2)C1. The lowest BCUT2D eigenvalue weighted by molar-refractivity contribution is 0.103. The minimum atomic E-state index is 0.387. The minimum absolute atomic E-state index is 0.387. The third kappa shape index (κ3) is 2.27. The molecular weight excluding hydrogens is 176 g/mol. The van der Waals surface area contributed by atoms with Crippen molar-refractivity contribution in [2.45, 2.75) is 25.3 Å². The number of hydrogen-bond acceptors (Lipinski definition) is 3. The van der Waals surface area contributed by atoms with Gasteiger partial charge in [-0.3, -0.25) is 4.90 Å². The number of likely N-dealkylation sites (tertiary alicyclic amines) is 2. The number of aliphatic hydroxyl groups excluding tert-OH is 1. The number of hydrogen-bond donors (Lipinski definition) is 1. The highest BCUT2D eigenvalue weighted by molar-refractivity contribution is 4.84. The van der Waals surface area contributed by atoms with Crippen molar-refractivity contribution in [1.29, 1.82) is 0 Å². The molecule has 0 saturated carbocycles. The molecule has 0 radical (unpaired) electrons. The summed E-state index contributed by atoms with van der Waals surface area (Å²) in [6, 6.07) is 0.791. The highest BCUT2D eigenvalue weighted by Crippen LogP contribution is 2.22. The molecular formula is C11H22N2O. The molecule has 3 heteroatoms. The van der Waals surface area contributed by atoms with Crippen LogP contribution in [0.15, 0.2) is 0 Å². The van der Waals surface area contributed by atoms with Crippen LogP contribution in [0.4, 0.5) is 0 Å². The van der Waals surface area contributed by atoms with Gasteiger partial charge in [-0.05, 0) is 51.9 Å². The molecule has 2 rings (SSSR count). The van der Waals surface area contributed by atoms with Crippen LogP contribution in [-0.4, -0.2) is 60.8 Å². The molecule has 0 aliphatic carbocycles. The first-order chi connectivity index (χ1) is 6.79. The largest absolute Gasteiger partial charge is 0.396 e. The van der Waals surface area contributed by atoms with E-state index in [-0.39, 0.29) is 0 Å². The average Bonchev–Trinajstić information content (AvgIpc) is 2.65. The van der Waals surface area contributed by atoms with Crippen LogP contribution in [0, 0.1) is 5.92 Å². The average molecular weight is 198 g/mol. The van der Waals surface area contributed by atoms with E-state index in [4.69, 9.17) is 5.11 Å². The van der Waals surface area contributed by atoms with Gasteiger partial charge in [-0.25, -0.2) is 0 Å². The second-order valence-corrected chi connectivity index (χ2v) is 4.87. The molecule has 2 saturated heterocycles. The fraction of sp³-hybridized carbons (Fsp3) is 1.00.